The maximum Gasteiger partial charge on any atom is 0.214 e. The molecule has 0 amide bonds. The second-order valence-electron chi connectivity index (χ2n) is 9.72. The van der Waals surface area contributed by atoms with Crippen LogP contribution in [0.1, 0.15) is 61.3 Å². The SMILES string of the molecule is CCC(C)(C)n1nnnc1[C@@H](c1cccc(C#N)c1)[NH+]1CCN(c2cc(C)ccc2C)CC1. The van der Waals surface area contributed by atoms with Gasteiger partial charge in [-0.25, -0.2) is 4.68 Å². The van der Waals surface area contributed by atoms with Crippen molar-refractivity contribution in [2.75, 3.05) is 31.1 Å². The molecule has 0 radical (unpaired) electrons. The van der Waals surface area contributed by atoms with Crippen LogP contribution in [0, 0.1) is 25.2 Å². The molecule has 2 aromatic carbocycles. The first kappa shape index (κ1) is 22.9. The smallest absolute Gasteiger partial charge is 0.214 e. The molecule has 1 N–H and O–H groups in total. The molecule has 1 aromatic heterocycles. The molecule has 1 saturated heterocycles. The first-order valence-electron chi connectivity index (χ1n) is 11.8. The lowest BCUT2D eigenvalue weighted by Gasteiger charge is -2.38. The summed E-state index contributed by atoms with van der Waals surface area (Å²) in [6, 6.07) is 16.9. The Balaban J connectivity index is 1.68. The van der Waals surface area contributed by atoms with E-state index in [1.807, 2.05) is 22.9 Å². The minimum absolute atomic E-state index is 0.0279. The molecule has 0 spiro atoms. The van der Waals surface area contributed by atoms with Crippen LogP contribution in [-0.2, 0) is 5.54 Å². The summed E-state index contributed by atoms with van der Waals surface area (Å²) in [5.74, 6) is 0.868. The van der Waals surface area contributed by atoms with Crippen molar-refractivity contribution in [2.45, 2.75) is 52.6 Å². The Morgan fingerprint density at radius 1 is 1.12 bits per heavy atom. The molecule has 1 fully saturated rings. The van der Waals surface area contributed by atoms with E-state index in [1.165, 1.54) is 21.7 Å². The number of nitriles is 1. The first-order valence-corrected chi connectivity index (χ1v) is 11.8. The number of nitrogens with zero attached hydrogens (tertiary/aromatic N) is 6. The maximum absolute atomic E-state index is 9.51. The third-order valence-corrected chi connectivity index (χ3v) is 7.06. The number of hydrogen-bond donors (Lipinski definition) is 1. The molecule has 1 aliphatic rings. The summed E-state index contributed by atoms with van der Waals surface area (Å²) in [5.41, 5.74) is 5.50. The number of quaternary nitrogens is 1. The Hall–Kier alpha value is -3.24. The van der Waals surface area contributed by atoms with E-state index < -0.39 is 0 Å². The van der Waals surface area contributed by atoms with Crippen LogP contribution < -0.4 is 9.80 Å². The van der Waals surface area contributed by atoms with Gasteiger partial charge in [0.25, 0.3) is 0 Å². The van der Waals surface area contributed by atoms with Crippen LogP contribution in [0.4, 0.5) is 5.69 Å². The average molecular weight is 445 g/mol. The monoisotopic (exact) mass is 444 g/mol. The first-order chi connectivity index (χ1) is 15.8. The predicted molar refractivity (Wildman–Crippen MR) is 129 cm³/mol. The Morgan fingerprint density at radius 3 is 2.58 bits per heavy atom. The van der Waals surface area contributed by atoms with Crippen LogP contribution in [0.3, 0.4) is 0 Å². The van der Waals surface area contributed by atoms with Crippen LogP contribution in [0.25, 0.3) is 0 Å². The number of nitrogens with one attached hydrogen (secondary N) is 1. The highest BCUT2D eigenvalue weighted by molar-refractivity contribution is 5.55. The maximum atomic E-state index is 9.51. The van der Waals surface area contributed by atoms with E-state index in [0.29, 0.717) is 5.56 Å². The van der Waals surface area contributed by atoms with Gasteiger partial charge in [-0.05, 0) is 73.9 Å². The molecular weight excluding hydrogens is 410 g/mol. The van der Waals surface area contributed by atoms with Gasteiger partial charge in [-0.15, -0.1) is 5.10 Å². The van der Waals surface area contributed by atoms with Gasteiger partial charge in [0.1, 0.15) is 0 Å². The van der Waals surface area contributed by atoms with Crippen LogP contribution in [0.15, 0.2) is 42.5 Å². The van der Waals surface area contributed by atoms with Gasteiger partial charge in [0.05, 0.1) is 43.4 Å². The number of anilines is 1. The number of tetrazole rings is 1. The number of hydrogen-bond acceptors (Lipinski definition) is 5. The van der Waals surface area contributed by atoms with Crippen molar-refractivity contribution in [3.8, 4) is 6.07 Å². The Morgan fingerprint density at radius 2 is 1.88 bits per heavy atom. The van der Waals surface area contributed by atoms with Gasteiger partial charge in [0.15, 0.2) is 6.04 Å². The molecule has 7 heteroatoms. The van der Waals surface area contributed by atoms with Crippen molar-refractivity contribution >= 4 is 5.69 Å². The van der Waals surface area contributed by atoms with E-state index >= 15 is 0 Å². The fourth-order valence-corrected chi connectivity index (χ4v) is 4.69. The molecule has 1 aliphatic heterocycles. The minimum Gasteiger partial charge on any atom is -0.360 e. The molecule has 4 rings (SSSR count). The molecule has 0 unspecified atom stereocenters. The molecular formula is C26H34N7+. The number of piperazine rings is 1. The Labute approximate surface area is 196 Å². The lowest BCUT2D eigenvalue weighted by Crippen LogP contribution is -3.15. The second-order valence-corrected chi connectivity index (χ2v) is 9.72. The fraction of sp³-hybridized carbons (Fsp3) is 0.462. The second kappa shape index (κ2) is 9.32. The van der Waals surface area contributed by atoms with Crippen molar-refractivity contribution in [1.29, 1.82) is 5.26 Å². The van der Waals surface area contributed by atoms with Crippen molar-refractivity contribution in [1.82, 2.24) is 20.2 Å². The summed E-state index contributed by atoms with van der Waals surface area (Å²) in [4.78, 5) is 3.92. The third kappa shape index (κ3) is 4.62. The van der Waals surface area contributed by atoms with Gasteiger partial charge in [-0.1, -0.05) is 31.2 Å². The normalized spacial score (nSPS) is 15.9. The largest absolute Gasteiger partial charge is 0.360 e. The summed E-state index contributed by atoms with van der Waals surface area (Å²) in [6.07, 6.45) is 0.922. The van der Waals surface area contributed by atoms with Crippen LogP contribution in [-0.4, -0.2) is 46.4 Å². The van der Waals surface area contributed by atoms with Gasteiger partial charge in [0, 0.05) is 11.3 Å². The highest BCUT2D eigenvalue weighted by atomic mass is 15.6. The van der Waals surface area contributed by atoms with E-state index in [-0.39, 0.29) is 11.6 Å². The molecule has 1 atom stereocenters. The zero-order chi connectivity index (χ0) is 23.6. The lowest BCUT2D eigenvalue weighted by molar-refractivity contribution is -0.927. The lowest BCUT2D eigenvalue weighted by atomic mass is 9.98. The topological polar surface area (TPSA) is 75.1 Å². The van der Waals surface area contributed by atoms with E-state index in [9.17, 15) is 5.26 Å². The molecule has 33 heavy (non-hydrogen) atoms. The highest BCUT2D eigenvalue weighted by Gasteiger charge is 2.37. The average Bonchev–Trinajstić information content (AvgIpc) is 3.32. The van der Waals surface area contributed by atoms with Crippen molar-refractivity contribution < 1.29 is 4.90 Å². The van der Waals surface area contributed by atoms with Gasteiger partial charge < -0.3 is 9.80 Å². The summed E-state index contributed by atoms with van der Waals surface area (Å²) >= 11 is 0. The standard InChI is InChI=1S/C26H33N7/c1-6-26(4,5)33-25(28-29-30-33)24(22-9-7-8-21(17-22)18-27)32-14-12-31(13-15-32)23-16-19(2)10-11-20(23)3/h7-11,16-17,24H,6,12-15H2,1-5H3/p+1/t24-/m1/s1. The van der Waals surface area contributed by atoms with Gasteiger partial charge >= 0.3 is 0 Å². The van der Waals surface area contributed by atoms with E-state index in [2.05, 4.69) is 85.4 Å². The number of benzene rings is 2. The number of rotatable bonds is 6. The van der Waals surface area contributed by atoms with Gasteiger partial charge in [-0.3, -0.25) is 0 Å². The fourth-order valence-electron chi connectivity index (χ4n) is 4.69. The van der Waals surface area contributed by atoms with Gasteiger partial charge in [-0.2, -0.15) is 5.26 Å². The van der Waals surface area contributed by atoms with Crippen molar-refractivity contribution in [3.05, 3.63) is 70.5 Å². The molecule has 0 bridgehead atoms. The quantitative estimate of drug-likeness (QED) is 0.633. The van der Waals surface area contributed by atoms with Crippen LogP contribution in [0.2, 0.25) is 0 Å². The van der Waals surface area contributed by atoms with E-state index in [4.69, 9.17) is 0 Å². The molecule has 0 saturated carbocycles. The van der Waals surface area contributed by atoms with E-state index in [0.717, 1.165) is 44.0 Å². The van der Waals surface area contributed by atoms with Gasteiger partial charge in [0.2, 0.25) is 5.82 Å². The molecule has 7 nitrogen and oxygen atoms in total. The Kier molecular flexibility index (Phi) is 6.48. The van der Waals surface area contributed by atoms with E-state index in [1.54, 1.807) is 0 Å². The van der Waals surface area contributed by atoms with Crippen LogP contribution in [0.5, 0.6) is 0 Å². The molecule has 2 heterocycles. The molecule has 3 aromatic rings. The number of aromatic nitrogens is 4. The summed E-state index contributed by atoms with van der Waals surface area (Å²) in [6.45, 7) is 14.7. The Bertz CT molecular complexity index is 1150. The molecule has 172 valence electrons. The van der Waals surface area contributed by atoms with Crippen molar-refractivity contribution in [3.63, 3.8) is 0 Å². The summed E-state index contributed by atoms with van der Waals surface area (Å²) < 4.78 is 1.99. The third-order valence-electron chi connectivity index (χ3n) is 7.06. The van der Waals surface area contributed by atoms with Crippen molar-refractivity contribution in [2.24, 2.45) is 0 Å². The number of aryl methyl sites for hydroxylation is 2. The summed E-state index contributed by atoms with van der Waals surface area (Å²) in [5, 5.41) is 22.5. The zero-order valence-corrected chi connectivity index (χ0v) is 20.3. The predicted octanol–water partition coefficient (Wildman–Crippen LogP) is 2.80. The highest BCUT2D eigenvalue weighted by Crippen LogP contribution is 2.26. The molecule has 0 aliphatic carbocycles. The minimum atomic E-state index is -0.191. The summed E-state index contributed by atoms with van der Waals surface area (Å²) in [7, 11) is 0. The zero-order valence-electron chi connectivity index (χ0n) is 20.3. The van der Waals surface area contributed by atoms with Crippen LogP contribution >= 0.6 is 0 Å².